The van der Waals surface area contributed by atoms with Gasteiger partial charge in [-0.15, -0.1) is 0 Å². The molecule has 2 fully saturated rings. The van der Waals surface area contributed by atoms with Crippen molar-refractivity contribution in [3.05, 3.63) is 0 Å². The summed E-state index contributed by atoms with van der Waals surface area (Å²) in [5, 5.41) is 3.77. The Bertz CT molecular complexity index is 181. The molecule has 0 bridgehead atoms. The smallest absolute Gasteiger partial charge is 0.0166 e. The number of hydrogen-bond donors (Lipinski definition) is 1. The second-order valence-corrected chi connectivity index (χ2v) is 6.69. The first-order valence-corrected chi connectivity index (χ1v) is 7.17. The molecule has 2 rings (SSSR count). The van der Waals surface area contributed by atoms with Crippen LogP contribution in [0.15, 0.2) is 0 Å². The summed E-state index contributed by atoms with van der Waals surface area (Å²) in [4.78, 5) is 0. The first-order chi connectivity index (χ1) is 6.70. The lowest BCUT2D eigenvalue weighted by atomic mass is 9.94. The van der Waals surface area contributed by atoms with E-state index in [4.69, 9.17) is 0 Å². The lowest BCUT2D eigenvalue weighted by Crippen LogP contribution is -2.34. The zero-order valence-electron chi connectivity index (χ0n) is 9.51. The first-order valence-electron chi connectivity index (χ1n) is 6.01. The molecule has 82 valence electrons. The molecular formula is C12H23NS. The monoisotopic (exact) mass is 213 g/mol. The van der Waals surface area contributed by atoms with Crippen molar-refractivity contribution in [2.45, 2.75) is 45.6 Å². The predicted octanol–water partition coefficient (Wildman–Crippen LogP) is 2.91. The minimum atomic E-state index is 0.710. The largest absolute Gasteiger partial charge is 0.313 e. The summed E-state index contributed by atoms with van der Waals surface area (Å²) < 4.78 is 0. The van der Waals surface area contributed by atoms with Crippen molar-refractivity contribution in [1.29, 1.82) is 0 Å². The van der Waals surface area contributed by atoms with Crippen molar-refractivity contribution in [1.82, 2.24) is 5.32 Å². The summed E-state index contributed by atoms with van der Waals surface area (Å²) in [7, 11) is 0. The molecule has 0 aromatic carbocycles. The first kappa shape index (κ1) is 10.8. The van der Waals surface area contributed by atoms with Gasteiger partial charge in [0.1, 0.15) is 0 Å². The molecule has 2 heteroatoms. The maximum atomic E-state index is 3.77. The van der Waals surface area contributed by atoms with Gasteiger partial charge in [0.25, 0.3) is 0 Å². The molecule has 0 radical (unpaired) electrons. The zero-order chi connectivity index (χ0) is 10.0. The van der Waals surface area contributed by atoms with Crippen molar-refractivity contribution in [2.24, 2.45) is 11.3 Å². The fourth-order valence-corrected chi connectivity index (χ4v) is 3.74. The second kappa shape index (κ2) is 4.44. The quantitative estimate of drug-likeness (QED) is 0.753. The van der Waals surface area contributed by atoms with Gasteiger partial charge in [-0.3, -0.25) is 0 Å². The van der Waals surface area contributed by atoms with Crippen molar-refractivity contribution in [3.8, 4) is 0 Å². The van der Waals surface area contributed by atoms with Crippen LogP contribution in [-0.4, -0.2) is 24.1 Å². The number of nitrogens with one attached hydrogen (secondary N) is 1. The normalized spacial score (nSPS) is 29.8. The molecule has 1 nitrogen and oxygen atoms in total. The van der Waals surface area contributed by atoms with Crippen LogP contribution in [-0.2, 0) is 0 Å². The summed E-state index contributed by atoms with van der Waals surface area (Å²) in [5.74, 6) is 3.59. The van der Waals surface area contributed by atoms with Gasteiger partial charge < -0.3 is 5.32 Å². The van der Waals surface area contributed by atoms with E-state index < -0.39 is 0 Å². The van der Waals surface area contributed by atoms with Crippen LogP contribution in [0.2, 0.25) is 0 Å². The van der Waals surface area contributed by atoms with Crippen LogP contribution < -0.4 is 5.32 Å². The van der Waals surface area contributed by atoms with Crippen molar-refractivity contribution in [3.63, 3.8) is 0 Å². The molecule has 2 aliphatic rings. The third-order valence-electron chi connectivity index (χ3n) is 3.49. The van der Waals surface area contributed by atoms with E-state index in [0.29, 0.717) is 5.41 Å². The van der Waals surface area contributed by atoms with Gasteiger partial charge in [0.2, 0.25) is 0 Å². The maximum Gasteiger partial charge on any atom is 0.0166 e. The Morgan fingerprint density at radius 2 is 2.21 bits per heavy atom. The van der Waals surface area contributed by atoms with Crippen LogP contribution in [0.1, 0.15) is 39.5 Å². The Labute approximate surface area is 92.4 Å². The van der Waals surface area contributed by atoms with Crippen molar-refractivity contribution >= 4 is 11.8 Å². The molecule has 1 saturated heterocycles. The Balaban J connectivity index is 1.68. The molecule has 1 N–H and O–H groups in total. The van der Waals surface area contributed by atoms with E-state index >= 15 is 0 Å². The van der Waals surface area contributed by atoms with Crippen molar-refractivity contribution in [2.75, 3.05) is 18.1 Å². The van der Waals surface area contributed by atoms with Gasteiger partial charge in [0.15, 0.2) is 0 Å². The van der Waals surface area contributed by atoms with Crippen LogP contribution >= 0.6 is 11.8 Å². The minimum Gasteiger partial charge on any atom is -0.313 e. The molecule has 0 aromatic rings. The lowest BCUT2D eigenvalue weighted by Gasteiger charge is -2.20. The molecule has 0 amide bonds. The van der Waals surface area contributed by atoms with Gasteiger partial charge in [0, 0.05) is 18.3 Å². The summed E-state index contributed by atoms with van der Waals surface area (Å²) in [6.07, 6.45) is 5.76. The van der Waals surface area contributed by atoms with Gasteiger partial charge in [-0.25, -0.2) is 0 Å². The zero-order valence-corrected chi connectivity index (χ0v) is 10.3. The molecule has 0 aromatic heterocycles. The molecule has 1 heterocycles. The maximum absolute atomic E-state index is 3.77. The molecule has 1 aliphatic carbocycles. The Kier molecular flexibility index (Phi) is 3.43. The number of thioether (sulfide) groups is 1. The van der Waals surface area contributed by atoms with Gasteiger partial charge in [0.05, 0.1) is 0 Å². The third-order valence-corrected chi connectivity index (χ3v) is 4.66. The van der Waals surface area contributed by atoms with E-state index in [1.165, 1.54) is 43.7 Å². The summed E-state index contributed by atoms with van der Waals surface area (Å²) in [6, 6.07) is 0.824. The van der Waals surface area contributed by atoms with Gasteiger partial charge in [-0.2, -0.15) is 11.8 Å². The van der Waals surface area contributed by atoms with Crippen LogP contribution in [0.4, 0.5) is 0 Å². The van der Waals surface area contributed by atoms with Gasteiger partial charge in [-0.05, 0) is 42.8 Å². The average Bonchev–Trinajstić information content (AvgIpc) is 2.68. The Hall–Kier alpha value is 0.310. The van der Waals surface area contributed by atoms with E-state index in [-0.39, 0.29) is 0 Å². The number of hydrogen-bond acceptors (Lipinski definition) is 2. The van der Waals surface area contributed by atoms with E-state index in [0.717, 1.165) is 12.0 Å². The van der Waals surface area contributed by atoms with Crippen LogP contribution in [0.5, 0.6) is 0 Å². The highest BCUT2D eigenvalue weighted by molar-refractivity contribution is 7.99. The highest BCUT2D eigenvalue weighted by Gasteiger charge is 2.42. The van der Waals surface area contributed by atoms with Crippen LogP contribution in [0.25, 0.3) is 0 Å². The molecule has 1 aliphatic heterocycles. The highest BCUT2D eigenvalue weighted by atomic mass is 32.2. The average molecular weight is 213 g/mol. The predicted molar refractivity (Wildman–Crippen MR) is 64.9 cm³/mol. The van der Waals surface area contributed by atoms with Crippen LogP contribution in [0, 0.1) is 11.3 Å². The standard InChI is InChI=1S/C12H23NS/c1-10(2)7-12(4-5-12)9-13-11-3-6-14-8-11/h10-11,13H,3-9H2,1-2H3. The fourth-order valence-electron chi connectivity index (χ4n) is 2.55. The third kappa shape index (κ3) is 2.90. The van der Waals surface area contributed by atoms with Crippen LogP contribution in [0.3, 0.4) is 0 Å². The molecule has 1 atom stereocenters. The van der Waals surface area contributed by atoms with Crippen molar-refractivity contribution < 1.29 is 0 Å². The number of rotatable bonds is 5. The molecule has 1 saturated carbocycles. The van der Waals surface area contributed by atoms with Gasteiger partial charge in [-0.1, -0.05) is 13.8 Å². The van der Waals surface area contributed by atoms with E-state index in [2.05, 4.69) is 30.9 Å². The molecule has 1 unspecified atom stereocenters. The highest BCUT2D eigenvalue weighted by Crippen LogP contribution is 2.50. The summed E-state index contributed by atoms with van der Waals surface area (Å²) >= 11 is 2.10. The Morgan fingerprint density at radius 3 is 2.71 bits per heavy atom. The molecule has 14 heavy (non-hydrogen) atoms. The minimum absolute atomic E-state index is 0.710. The molecular weight excluding hydrogens is 190 g/mol. The van der Waals surface area contributed by atoms with E-state index in [1.54, 1.807) is 0 Å². The SMILES string of the molecule is CC(C)CC1(CNC2CCSC2)CC1. The van der Waals surface area contributed by atoms with E-state index in [9.17, 15) is 0 Å². The Morgan fingerprint density at radius 1 is 1.43 bits per heavy atom. The second-order valence-electron chi connectivity index (χ2n) is 5.54. The lowest BCUT2D eigenvalue weighted by molar-refractivity contribution is 0.352. The fraction of sp³-hybridized carbons (Fsp3) is 1.00. The van der Waals surface area contributed by atoms with E-state index in [1.807, 2.05) is 0 Å². The topological polar surface area (TPSA) is 12.0 Å². The van der Waals surface area contributed by atoms with Gasteiger partial charge >= 0.3 is 0 Å². The molecule has 0 spiro atoms. The summed E-state index contributed by atoms with van der Waals surface area (Å²) in [6.45, 7) is 5.99. The summed E-state index contributed by atoms with van der Waals surface area (Å²) in [5.41, 5.74) is 0.710.